The molecule has 26 heavy (non-hydrogen) atoms. The third-order valence-corrected chi connectivity index (χ3v) is 4.85. The Kier molecular flexibility index (Phi) is 5.76. The van der Waals surface area contributed by atoms with E-state index in [1.165, 1.54) is 0 Å². The molecule has 1 atom stereocenters. The van der Waals surface area contributed by atoms with Crippen molar-refractivity contribution in [3.05, 3.63) is 35.0 Å². The second-order valence-corrected chi connectivity index (χ2v) is 7.10. The van der Waals surface area contributed by atoms with Crippen LogP contribution in [0.1, 0.15) is 61.9 Å². The van der Waals surface area contributed by atoms with Crippen molar-refractivity contribution in [3.63, 3.8) is 0 Å². The summed E-state index contributed by atoms with van der Waals surface area (Å²) in [6.45, 7) is 7.82. The Morgan fingerprint density at radius 1 is 1.42 bits per heavy atom. The molecule has 0 bridgehead atoms. The highest BCUT2D eigenvalue weighted by atomic mass is 35.5. The summed E-state index contributed by atoms with van der Waals surface area (Å²) in [6, 6.07) is 3.61. The predicted molar refractivity (Wildman–Crippen MR) is 98.7 cm³/mol. The number of halogens is 1. The van der Waals surface area contributed by atoms with Gasteiger partial charge >= 0.3 is 0 Å². The van der Waals surface area contributed by atoms with Crippen molar-refractivity contribution in [2.45, 2.75) is 45.6 Å². The van der Waals surface area contributed by atoms with Gasteiger partial charge in [-0.15, -0.1) is 10.2 Å². The molecular weight excluding hydrogens is 354 g/mol. The largest absolute Gasteiger partial charge is 0.478 e. The molecule has 0 radical (unpaired) electrons. The molecule has 2 aromatic rings. The Morgan fingerprint density at radius 3 is 2.96 bits per heavy atom. The summed E-state index contributed by atoms with van der Waals surface area (Å²) in [4.78, 5) is 19.1. The van der Waals surface area contributed by atoms with Gasteiger partial charge < -0.3 is 14.2 Å². The maximum absolute atomic E-state index is 13.0. The van der Waals surface area contributed by atoms with Gasteiger partial charge in [0.1, 0.15) is 12.2 Å². The van der Waals surface area contributed by atoms with Crippen LogP contribution in [0.3, 0.4) is 0 Å². The minimum Gasteiger partial charge on any atom is -0.478 e. The van der Waals surface area contributed by atoms with Crippen LogP contribution in [0.4, 0.5) is 0 Å². The zero-order valence-corrected chi connectivity index (χ0v) is 16.1. The monoisotopic (exact) mass is 377 g/mol. The SMILES string of the molecule is CCOc1ccc(Cl)c(C(=O)N2CCCC(c3nncn3C(C)C)C2)n1. The lowest BCUT2D eigenvalue weighted by Gasteiger charge is -2.32. The third kappa shape index (κ3) is 3.82. The van der Waals surface area contributed by atoms with E-state index in [4.69, 9.17) is 16.3 Å². The van der Waals surface area contributed by atoms with E-state index in [-0.39, 0.29) is 23.6 Å². The van der Waals surface area contributed by atoms with E-state index < -0.39 is 0 Å². The molecule has 1 fully saturated rings. The number of rotatable bonds is 5. The molecule has 1 aliphatic rings. The number of piperidine rings is 1. The van der Waals surface area contributed by atoms with E-state index in [1.807, 2.05) is 6.92 Å². The highest BCUT2D eigenvalue weighted by Crippen LogP contribution is 2.29. The van der Waals surface area contributed by atoms with Crippen molar-refractivity contribution in [1.82, 2.24) is 24.6 Å². The average Bonchev–Trinajstić information content (AvgIpc) is 3.13. The highest BCUT2D eigenvalue weighted by molar-refractivity contribution is 6.33. The van der Waals surface area contributed by atoms with Gasteiger partial charge in [-0.1, -0.05) is 11.6 Å². The number of amides is 1. The molecule has 8 heteroatoms. The number of pyridine rings is 1. The Labute approximate surface area is 158 Å². The summed E-state index contributed by atoms with van der Waals surface area (Å²) in [5, 5.41) is 8.69. The molecule has 1 aliphatic heterocycles. The van der Waals surface area contributed by atoms with Gasteiger partial charge in [0.25, 0.3) is 5.91 Å². The Bertz CT molecular complexity index is 777. The first-order valence-corrected chi connectivity index (χ1v) is 9.37. The van der Waals surface area contributed by atoms with E-state index >= 15 is 0 Å². The van der Waals surface area contributed by atoms with Crippen molar-refractivity contribution >= 4 is 17.5 Å². The van der Waals surface area contributed by atoms with Crippen molar-refractivity contribution < 1.29 is 9.53 Å². The second-order valence-electron chi connectivity index (χ2n) is 6.69. The van der Waals surface area contributed by atoms with Gasteiger partial charge in [0.15, 0.2) is 5.69 Å². The third-order valence-electron chi connectivity index (χ3n) is 4.55. The molecule has 1 saturated heterocycles. The molecular formula is C18H24ClN5O2. The number of likely N-dealkylation sites (tertiary alicyclic amines) is 1. The molecule has 2 aromatic heterocycles. The van der Waals surface area contributed by atoms with E-state index in [1.54, 1.807) is 23.4 Å². The van der Waals surface area contributed by atoms with E-state index in [0.717, 1.165) is 18.7 Å². The fourth-order valence-electron chi connectivity index (χ4n) is 3.27. The highest BCUT2D eigenvalue weighted by Gasteiger charge is 2.30. The van der Waals surface area contributed by atoms with E-state index in [2.05, 4.69) is 33.6 Å². The fraction of sp³-hybridized carbons (Fsp3) is 0.556. The number of aromatic nitrogens is 4. The van der Waals surface area contributed by atoms with Crippen molar-refractivity contribution in [2.75, 3.05) is 19.7 Å². The average molecular weight is 378 g/mol. The molecule has 1 amide bonds. The van der Waals surface area contributed by atoms with Crippen LogP contribution in [-0.2, 0) is 0 Å². The normalized spacial score (nSPS) is 17.6. The molecule has 0 saturated carbocycles. The standard InChI is InChI=1S/C18H24ClN5O2/c1-4-26-15-8-7-14(19)16(21-15)18(25)23-9-5-6-13(10-23)17-22-20-11-24(17)12(2)3/h7-8,11-13H,4-6,9-10H2,1-3H3. The van der Waals surface area contributed by atoms with Crippen LogP contribution in [0.15, 0.2) is 18.5 Å². The summed E-state index contributed by atoms with van der Waals surface area (Å²) in [7, 11) is 0. The zero-order chi connectivity index (χ0) is 18.7. The number of carbonyl (C=O) groups is 1. The van der Waals surface area contributed by atoms with Crippen LogP contribution < -0.4 is 4.74 Å². The molecule has 3 rings (SSSR count). The summed E-state index contributed by atoms with van der Waals surface area (Å²) >= 11 is 6.22. The van der Waals surface area contributed by atoms with Crippen LogP contribution in [0.2, 0.25) is 5.02 Å². The maximum atomic E-state index is 13.0. The molecule has 0 aliphatic carbocycles. The molecule has 7 nitrogen and oxygen atoms in total. The molecule has 140 valence electrons. The van der Waals surface area contributed by atoms with E-state index in [9.17, 15) is 4.79 Å². The topological polar surface area (TPSA) is 73.1 Å². The second kappa shape index (κ2) is 8.03. The first-order chi connectivity index (χ1) is 12.5. The van der Waals surface area contributed by atoms with Gasteiger partial charge in [0.2, 0.25) is 5.88 Å². The summed E-state index contributed by atoms with van der Waals surface area (Å²) in [5.74, 6) is 1.33. The van der Waals surface area contributed by atoms with Crippen LogP contribution in [0, 0.1) is 0 Å². The molecule has 0 N–H and O–H groups in total. The molecule has 1 unspecified atom stereocenters. The smallest absolute Gasteiger partial charge is 0.274 e. The van der Waals surface area contributed by atoms with Gasteiger partial charge in [0, 0.05) is 31.1 Å². The van der Waals surface area contributed by atoms with Crippen LogP contribution >= 0.6 is 11.6 Å². The van der Waals surface area contributed by atoms with Crippen molar-refractivity contribution in [3.8, 4) is 5.88 Å². The fourth-order valence-corrected chi connectivity index (χ4v) is 3.45. The Hall–Kier alpha value is -2.15. The Balaban J connectivity index is 1.80. The lowest BCUT2D eigenvalue weighted by molar-refractivity contribution is 0.0696. The maximum Gasteiger partial charge on any atom is 0.274 e. The van der Waals surface area contributed by atoms with Gasteiger partial charge in [-0.3, -0.25) is 4.79 Å². The number of hydrogen-bond donors (Lipinski definition) is 0. The van der Waals surface area contributed by atoms with Crippen LogP contribution in [0.25, 0.3) is 0 Å². The number of hydrogen-bond acceptors (Lipinski definition) is 5. The van der Waals surface area contributed by atoms with Gasteiger partial charge in [0.05, 0.1) is 11.6 Å². The Morgan fingerprint density at radius 2 is 2.23 bits per heavy atom. The summed E-state index contributed by atoms with van der Waals surface area (Å²) in [6.07, 6.45) is 3.64. The number of nitrogens with zero attached hydrogens (tertiary/aromatic N) is 5. The minimum absolute atomic E-state index is 0.159. The quantitative estimate of drug-likeness (QED) is 0.799. The first kappa shape index (κ1) is 18.6. The van der Waals surface area contributed by atoms with Crippen molar-refractivity contribution in [1.29, 1.82) is 0 Å². The van der Waals surface area contributed by atoms with Crippen LogP contribution in [-0.4, -0.2) is 50.3 Å². The summed E-state index contributed by atoms with van der Waals surface area (Å²) < 4.78 is 7.47. The zero-order valence-electron chi connectivity index (χ0n) is 15.4. The molecule has 0 spiro atoms. The van der Waals surface area contributed by atoms with Crippen molar-refractivity contribution in [2.24, 2.45) is 0 Å². The van der Waals surface area contributed by atoms with Crippen LogP contribution in [0.5, 0.6) is 5.88 Å². The summed E-state index contributed by atoms with van der Waals surface area (Å²) in [5.41, 5.74) is 0.239. The lowest BCUT2D eigenvalue weighted by atomic mass is 9.96. The number of carbonyl (C=O) groups excluding carboxylic acids is 1. The van der Waals surface area contributed by atoms with E-state index in [0.29, 0.717) is 30.6 Å². The minimum atomic E-state index is -0.170. The lowest BCUT2D eigenvalue weighted by Crippen LogP contribution is -2.40. The predicted octanol–water partition coefficient (Wildman–Crippen LogP) is 3.33. The first-order valence-electron chi connectivity index (χ1n) is 8.99. The van der Waals surface area contributed by atoms with Gasteiger partial charge in [-0.2, -0.15) is 0 Å². The van der Waals surface area contributed by atoms with Gasteiger partial charge in [-0.05, 0) is 39.7 Å². The molecule has 0 aromatic carbocycles. The van der Waals surface area contributed by atoms with Gasteiger partial charge in [-0.25, -0.2) is 4.98 Å². The number of ether oxygens (including phenoxy) is 1. The molecule has 3 heterocycles.